The normalized spacial score (nSPS) is 24.5. The number of fused-ring (bicyclic) bond motifs is 1. The number of rotatable bonds is 12. The van der Waals surface area contributed by atoms with Gasteiger partial charge in [0.1, 0.15) is 30.3 Å². The summed E-state index contributed by atoms with van der Waals surface area (Å²) in [6.45, 7) is 3.71. The maximum atomic E-state index is 13.8. The molecular formula is C31H46N4O7. The number of Topliss-reactive ketones (excluding diaryl/α,β-unsaturated/α-hetero) is 1. The lowest BCUT2D eigenvalue weighted by molar-refractivity contribution is -0.147. The number of amides is 4. The second kappa shape index (κ2) is 16.4. The lowest BCUT2D eigenvalue weighted by Gasteiger charge is -2.39. The monoisotopic (exact) mass is 586 g/mol. The second-order valence-corrected chi connectivity index (χ2v) is 11.8. The molecule has 11 heteroatoms. The van der Waals surface area contributed by atoms with Gasteiger partial charge in [-0.05, 0) is 50.0 Å². The highest BCUT2D eigenvalue weighted by Gasteiger charge is 2.39. The van der Waals surface area contributed by atoms with E-state index in [1.165, 1.54) is 0 Å². The lowest BCUT2D eigenvalue weighted by atomic mass is 9.95. The minimum atomic E-state index is -1.39. The molecule has 2 aliphatic rings. The van der Waals surface area contributed by atoms with E-state index in [4.69, 9.17) is 5.11 Å². The zero-order chi connectivity index (χ0) is 30.6. The van der Waals surface area contributed by atoms with Gasteiger partial charge in [0.05, 0.1) is 6.61 Å². The van der Waals surface area contributed by atoms with Gasteiger partial charge in [0.2, 0.25) is 23.6 Å². The van der Waals surface area contributed by atoms with Crippen molar-refractivity contribution in [2.75, 3.05) is 13.2 Å². The highest BCUT2D eigenvalue weighted by molar-refractivity contribution is 5.97. The molecule has 5 unspecified atom stereocenters. The van der Waals surface area contributed by atoms with Crippen molar-refractivity contribution in [1.82, 2.24) is 20.9 Å². The van der Waals surface area contributed by atoms with Crippen molar-refractivity contribution in [3.05, 3.63) is 35.9 Å². The van der Waals surface area contributed by atoms with E-state index >= 15 is 0 Å². The molecule has 4 amide bonds. The summed E-state index contributed by atoms with van der Waals surface area (Å²) in [6.07, 6.45) is 3.10. The molecule has 0 bridgehead atoms. The summed E-state index contributed by atoms with van der Waals surface area (Å²) >= 11 is 0. The molecule has 2 aliphatic heterocycles. The number of piperidine rings is 1. The number of hydrogen-bond acceptors (Lipinski definition) is 7. The Bertz CT molecular complexity index is 1080. The van der Waals surface area contributed by atoms with Crippen LogP contribution >= 0.6 is 0 Å². The van der Waals surface area contributed by atoms with Gasteiger partial charge >= 0.3 is 0 Å². The van der Waals surface area contributed by atoms with Crippen LogP contribution in [0, 0.1) is 5.92 Å². The fraction of sp³-hybridized carbons (Fsp3) is 0.645. The molecule has 5 N–H and O–H groups in total. The van der Waals surface area contributed by atoms with Crippen molar-refractivity contribution in [2.24, 2.45) is 5.92 Å². The molecule has 0 saturated carbocycles. The van der Waals surface area contributed by atoms with Gasteiger partial charge in [0, 0.05) is 19.4 Å². The summed E-state index contributed by atoms with van der Waals surface area (Å²) < 4.78 is 0. The van der Waals surface area contributed by atoms with Crippen LogP contribution in [0.2, 0.25) is 0 Å². The number of benzene rings is 1. The molecule has 5 atom stereocenters. The average molecular weight is 587 g/mol. The molecule has 2 heterocycles. The van der Waals surface area contributed by atoms with Crippen LogP contribution < -0.4 is 16.0 Å². The Morgan fingerprint density at radius 1 is 0.905 bits per heavy atom. The van der Waals surface area contributed by atoms with Gasteiger partial charge in [0.25, 0.3) is 0 Å². The highest BCUT2D eigenvalue weighted by atomic mass is 16.3. The van der Waals surface area contributed by atoms with Crippen molar-refractivity contribution in [1.29, 1.82) is 0 Å². The second-order valence-electron chi connectivity index (χ2n) is 11.8. The maximum absolute atomic E-state index is 13.8. The Labute approximate surface area is 247 Å². The van der Waals surface area contributed by atoms with Gasteiger partial charge in [0.15, 0.2) is 5.78 Å². The average Bonchev–Trinajstić information content (AvgIpc) is 2.98. The van der Waals surface area contributed by atoms with E-state index in [1.807, 2.05) is 44.2 Å². The number of carbonyl (C=O) groups is 5. The predicted molar refractivity (Wildman–Crippen MR) is 156 cm³/mol. The Morgan fingerprint density at radius 3 is 2.26 bits per heavy atom. The van der Waals surface area contributed by atoms with Crippen LogP contribution in [0.4, 0.5) is 0 Å². The fourth-order valence-electron chi connectivity index (χ4n) is 5.59. The summed E-state index contributed by atoms with van der Waals surface area (Å²) in [5, 5.41) is 27.0. The summed E-state index contributed by atoms with van der Waals surface area (Å²) in [6, 6.07) is 5.83. The number of hydrogen-bond donors (Lipinski definition) is 5. The lowest BCUT2D eigenvalue weighted by Crippen LogP contribution is -2.63. The van der Waals surface area contributed by atoms with Crippen molar-refractivity contribution in [2.45, 2.75) is 108 Å². The van der Waals surface area contributed by atoms with Crippen LogP contribution in [0.15, 0.2) is 30.3 Å². The molecule has 0 radical (unpaired) electrons. The first-order valence-electron chi connectivity index (χ1n) is 15.2. The van der Waals surface area contributed by atoms with Crippen molar-refractivity contribution in [3.8, 4) is 0 Å². The van der Waals surface area contributed by atoms with Gasteiger partial charge in [-0.3, -0.25) is 24.0 Å². The highest BCUT2D eigenvalue weighted by Crippen LogP contribution is 2.21. The van der Waals surface area contributed by atoms with Crippen molar-refractivity contribution >= 4 is 29.4 Å². The van der Waals surface area contributed by atoms with Gasteiger partial charge in [-0.2, -0.15) is 0 Å². The molecular weight excluding hydrogens is 540 g/mol. The third-order valence-corrected chi connectivity index (χ3v) is 7.92. The molecule has 0 aliphatic carbocycles. The van der Waals surface area contributed by atoms with E-state index in [1.54, 1.807) is 4.90 Å². The van der Waals surface area contributed by atoms with E-state index in [-0.39, 0.29) is 37.0 Å². The zero-order valence-corrected chi connectivity index (χ0v) is 24.7. The van der Waals surface area contributed by atoms with Crippen LogP contribution in [0.5, 0.6) is 0 Å². The van der Waals surface area contributed by atoms with E-state index in [9.17, 15) is 29.1 Å². The van der Waals surface area contributed by atoms with E-state index in [2.05, 4.69) is 16.0 Å². The number of ketones is 1. The van der Waals surface area contributed by atoms with Crippen molar-refractivity contribution in [3.63, 3.8) is 0 Å². The molecule has 0 spiro atoms. The summed E-state index contributed by atoms with van der Waals surface area (Å²) in [4.78, 5) is 67.9. The van der Waals surface area contributed by atoms with Gasteiger partial charge in [-0.25, -0.2) is 0 Å². The first kappa shape index (κ1) is 33.2. The van der Waals surface area contributed by atoms with Crippen LogP contribution in [0.25, 0.3) is 0 Å². The molecule has 232 valence electrons. The van der Waals surface area contributed by atoms with Gasteiger partial charge in [-0.1, -0.05) is 57.0 Å². The van der Waals surface area contributed by atoms with Crippen LogP contribution in [0.3, 0.4) is 0 Å². The van der Waals surface area contributed by atoms with Gasteiger partial charge < -0.3 is 31.1 Å². The van der Waals surface area contributed by atoms with Crippen LogP contribution in [0.1, 0.15) is 77.2 Å². The molecule has 42 heavy (non-hydrogen) atoms. The topological polar surface area (TPSA) is 165 Å². The number of nitrogens with zero attached hydrogens (tertiary/aromatic N) is 1. The summed E-state index contributed by atoms with van der Waals surface area (Å²) in [5.41, 5.74) is 0.836. The number of nitrogens with one attached hydrogen (secondary N) is 3. The van der Waals surface area contributed by atoms with Crippen LogP contribution in [-0.4, -0.2) is 87.9 Å². The smallest absolute Gasteiger partial charge is 0.245 e. The molecule has 11 nitrogen and oxygen atoms in total. The first-order chi connectivity index (χ1) is 20.1. The Balaban J connectivity index is 1.84. The molecule has 2 saturated heterocycles. The number of aliphatic hydroxyl groups is 2. The largest absolute Gasteiger partial charge is 0.393 e. The molecule has 3 rings (SSSR count). The Kier molecular flexibility index (Phi) is 12.9. The van der Waals surface area contributed by atoms with Crippen LogP contribution in [-0.2, 0) is 30.4 Å². The number of unbranched alkanes of at least 4 members (excludes halogenated alkanes) is 2. The Morgan fingerprint density at radius 2 is 1.57 bits per heavy atom. The maximum Gasteiger partial charge on any atom is 0.245 e. The quantitative estimate of drug-likeness (QED) is 0.228. The minimum Gasteiger partial charge on any atom is -0.393 e. The summed E-state index contributed by atoms with van der Waals surface area (Å²) in [5.74, 6) is -1.94. The standard InChI is InChI=1S/C31H46N4O7/c1-20(2)17-24-31(42)35-16-10-9-14-25(35)30(41)32-22(13-7-4-8-15-26(37)27(38)19-36)28(39)33-23(29(40)34-24)18-21-11-5-3-6-12-21/h3,5-6,11-12,20,22-25,27,36,38H,4,7-10,13-19H2,1-2H3,(H,32,41)(H,33,39)(H,34,40). The fourth-order valence-corrected chi connectivity index (χ4v) is 5.59. The van der Waals surface area contributed by atoms with Gasteiger partial charge in [-0.15, -0.1) is 0 Å². The number of carbonyl (C=O) groups excluding carboxylic acids is 5. The molecule has 1 aromatic rings. The SMILES string of the molecule is CC(C)CC1NC(=O)C(Cc2ccccc2)NC(=O)C(CCCCCC(=O)C(O)CO)NC(=O)C2CCCCN2C1=O. The first-order valence-corrected chi connectivity index (χ1v) is 15.2. The molecule has 0 aromatic heterocycles. The van der Waals surface area contributed by atoms with E-state index < -0.39 is 54.5 Å². The van der Waals surface area contributed by atoms with E-state index in [0.29, 0.717) is 38.6 Å². The minimum absolute atomic E-state index is 0.0982. The predicted octanol–water partition coefficient (Wildman–Crippen LogP) is 0.997. The number of aliphatic hydroxyl groups excluding tert-OH is 2. The Hall–Kier alpha value is -3.31. The third kappa shape index (κ3) is 9.62. The van der Waals surface area contributed by atoms with E-state index in [0.717, 1.165) is 18.4 Å². The summed E-state index contributed by atoms with van der Waals surface area (Å²) in [7, 11) is 0. The third-order valence-electron chi connectivity index (χ3n) is 7.92. The molecule has 1 aromatic carbocycles. The molecule has 2 fully saturated rings. The van der Waals surface area contributed by atoms with Crippen molar-refractivity contribution < 1.29 is 34.2 Å². The zero-order valence-electron chi connectivity index (χ0n) is 24.7.